The van der Waals surface area contributed by atoms with Crippen LogP contribution in [0, 0.1) is 17.1 Å². The molecule has 1 aromatic heterocycles. The van der Waals surface area contributed by atoms with E-state index in [9.17, 15) is 9.18 Å². The van der Waals surface area contributed by atoms with E-state index >= 15 is 0 Å². The number of ether oxygens (including phenoxy) is 2. The summed E-state index contributed by atoms with van der Waals surface area (Å²) < 4.78 is 29.9. The fourth-order valence-corrected chi connectivity index (χ4v) is 2.50. The molecule has 7 heteroatoms. The quantitative estimate of drug-likeness (QED) is 0.469. The van der Waals surface area contributed by atoms with Crippen LogP contribution in [0.2, 0.25) is 0 Å². The van der Waals surface area contributed by atoms with E-state index in [0.29, 0.717) is 37.6 Å². The molecule has 0 bridgehead atoms. The van der Waals surface area contributed by atoms with Crippen molar-refractivity contribution >= 4 is 0 Å². The van der Waals surface area contributed by atoms with Gasteiger partial charge in [-0.25, -0.2) is 4.39 Å². The van der Waals surface area contributed by atoms with Crippen molar-refractivity contribution in [1.82, 2.24) is 0 Å². The SMILES string of the molecule is C=CCc1oc(CO)cc(=O)c1OCCCCCOc1ccc(C#N)c(F)c1. The van der Waals surface area contributed by atoms with Crippen LogP contribution in [-0.4, -0.2) is 18.3 Å². The summed E-state index contributed by atoms with van der Waals surface area (Å²) in [5.74, 6) is 0.447. The summed E-state index contributed by atoms with van der Waals surface area (Å²) in [5.41, 5.74) is -0.352. The normalized spacial score (nSPS) is 10.3. The lowest BCUT2D eigenvalue weighted by Crippen LogP contribution is -2.12. The molecule has 2 aromatic rings. The van der Waals surface area contributed by atoms with Gasteiger partial charge in [0.15, 0.2) is 5.76 Å². The maximum Gasteiger partial charge on any atom is 0.227 e. The smallest absolute Gasteiger partial charge is 0.227 e. The molecule has 1 N–H and O–H groups in total. The third kappa shape index (κ3) is 5.96. The van der Waals surface area contributed by atoms with Crippen molar-refractivity contribution in [2.75, 3.05) is 13.2 Å². The Hall–Kier alpha value is -3.11. The maximum atomic E-state index is 13.5. The van der Waals surface area contributed by atoms with Crippen molar-refractivity contribution in [2.24, 2.45) is 0 Å². The summed E-state index contributed by atoms with van der Waals surface area (Å²) in [7, 11) is 0. The van der Waals surface area contributed by atoms with Gasteiger partial charge in [-0.3, -0.25) is 4.79 Å². The fourth-order valence-electron chi connectivity index (χ4n) is 2.50. The first-order chi connectivity index (χ1) is 13.6. The first kappa shape index (κ1) is 21.2. The van der Waals surface area contributed by atoms with Gasteiger partial charge in [0.2, 0.25) is 11.2 Å². The number of hydrogen-bond acceptors (Lipinski definition) is 6. The van der Waals surface area contributed by atoms with E-state index in [4.69, 9.17) is 24.3 Å². The Balaban J connectivity index is 1.75. The zero-order valence-corrected chi connectivity index (χ0v) is 15.4. The molecule has 0 radical (unpaired) electrons. The van der Waals surface area contributed by atoms with E-state index in [0.717, 1.165) is 12.8 Å². The van der Waals surface area contributed by atoms with E-state index in [1.54, 1.807) is 18.2 Å². The molecule has 6 nitrogen and oxygen atoms in total. The molecular formula is C21H22FNO5. The summed E-state index contributed by atoms with van der Waals surface area (Å²) in [4.78, 5) is 12.1. The van der Waals surface area contributed by atoms with Gasteiger partial charge in [0, 0.05) is 18.6 Å². The fraction of sp³-hybridized carbons (Fsp3) is 0.333. The van der Waals surface area contributed by atoms with Crippen LogP contribution >= 0.6 is 0 Å². The number of nitrogens with zero attached hydrogens (tertiary/aromatic N) is 1. The number of aliphatic hydroxyl groups excluding tert-OH is 1. The van der Waals surface area contributed by atoms with E-state index in [1.807, 2.05) is 0 Å². The van der Waals surface area contributed by atoms with Crippen LogP contribution < -0.4 is 14.9 Å². The predicted molar refractivity (Wildman–Crippen MR) is 101 cm³/mol. The Kier molecular flexibility index (Phi) is 8.25. The number of rotatable bonds is 11. The lowest BCUT2D eigenvalue weighted by molar-refractivity contribution is 0.229. The number of aliphatic hydroxyl groups is 1. The van der Waals surface area contributed by atoms with Crippen molar-refractivity contribution in [2.45, 2.75) is 32.3 Å². The van der Waals surface area contributed by atoms with E-state index < -0.39 is 5.82 Å². The lowest BCUT2D eigenvalue weighted by Gasteiger charge is -2.10. The van der Waals surface area contributed by atoms with Gasteiger partial charge in [0.1, 0.15) is 30.0 Å². The zero-order valence-electron chi connectivity index (χ0n) is 15.4. The second-order valence-corrected chi connectivity index (χ2v) is 5.99. The highest BCUT2D eigenvalue weighted by Gasteiger charge is 2.12. The highest BCUT2D eigenvalue weighted by atomic mass is 19.1. The van der Waals surface area contributed by atoms with Crippen LogP contribution in [0.3, 0.4) is 0 Å². The molecule has 2 rings (SSSR count). The summed E-state index contributed by atoms with van der Waals surface area (Å²) in [6.07, 6.45) is 4.13. The topological polar surface area (TPSA) is 92.7 Å². The zero-order chi connectivity index (χ0) is 20.4. The van der Waals surface area contributed by atoms with Gasteiger partial charge in [-0.15, -0.1) is 6.58 Å². The van der Waals surface area contributed by atoms with Gasteiger partial charge < -0.3 is 19.0 Å². The highest BCUT2D eigenvalue weighted by molar-refractivity contribution is 5.36. The van der Waals surface area contributed by atoms with Gasteiger partial charge >= 0.3 is 0 Å². The van der Waals surface area contributed by atoms with Gasteiger partial charge in [-0.05, 0) is 31.4 Å². The molecule has 0 unspecified atom stereocenters. The summed E-state index contributed by atoms with van der Waals surface area (Å²) in [6.45, 7) is 4.00. The predicted octanol–water partition coefficient (Wildman–Crippen LogP) is 3.50. The molecule has 148 valence electrons. The molecule has 0 saturated carbocycles. The van der Waals surface area contributed by atoms with E-state index in [1.165, 1.54) is 18.2 Å². The molecule has 28 heavy (non-hydrogen) atoms. The van der Waals surface area contributed by atoms with Gasteiger partial charge in [-0.2, -0.15) is 5.26 Å². The van der Waals surface area contributed by atoms with Gasteiger partial charge in [0.25, 0.3) is 0 Å². The number of allylic oxidation sites excluding steroid dienone is 1. The molecule has 1 heterocycles. The van der Waals surface area contributed by atoms with Crippen LogP contribution in [-0.2, 0) is 13.0 Å². The Morgan fingerprint density at radius 3 is 2.61 bits per heavy atom. The molecular weight excluding hydrogens is 365 g/mol. The van der Waals surface area contributed by atoms with E-state index in [-0.39, 0.29) is 29.1 Å². The number of unbranched alkanes of at least 4 members (excludes halogenated alkanes) is 2. The van der Waals surface area contributed by atoms with Crippen molar-refractivity contribution in [3.05, 3.63) is 70.0 Å². The number of benzene rings is 1. The minimum absolute atomic E-state index is 0.0168. The largest absolute Gasteiger partial charge is 0.493 e. The first-order valence-corrected chi connectivity index (χ1v) is 8.92. The molecule has 0 aliphatic heterocycles. The van der Waals surface area contributed by atoms with Crippen LogP contribution in [0.4, 0.5) is 4.39 Å². The monoisotopic (exact) mass is 387 g/mol. The van der Waals surface area contributed by atoms with Crippen LogP contribution in [0.25, 0.3) is 0 Å². The second kappa shape index (κ2) is 10.9. The molecule has 0 aliphatic carbocycles. The van der Waals surface area contributed by atoms with Crippen LogP contribution in [0.1, 0.15) is 36.3 Å². The van der Waals surface area contributed by atoms with Gasteiger partial charge in [-0.1, -0.05) is 6.08 Å². The van der Waals surface area contributed by atoms with Crippen LogP contribution in [0.5, 0.6) is 11.5 Å². The number of halogens is 1. The standard InChI is InChI=1S/C21H22FNO5/c1-2-6-20-21(19(25)12-17(14-24)28-20)27-10-5-3-4-9-26-16-8-7-15(13-23)18(22)11-16/h2,7-8,11-12,24H,1,3-6,9-10,14H2. The van der Waals surface area contributed by atoms with E-state index in [2.05, 4.69) is 6.58 Å². The van der Waals surface area contributed by atoms with Crippen molar-refractivity contribution in [3.8, 4) is 17.6 Å². The minimum Gasteiger partial charge on any atom is -0.493 e. The molecule has 1 aromatic carbocycles. The molecule has 0 saturated heterocycles. The Labute approximate surface area is 162 Å². The highest BCUT2D eigenvalue weighted by Crippen LogP contribution is 2.18. The molecule has 0 aliphatic rings. The summed E-state index contributed by atoms with van der Waals surface area (Å²) >= 11 is 0. The molecule has 0 amide bonds. The second-order valence-electron chi connectivity index (χ2n) is 5.99. The Morgan fingerprint density at radius 2 is 1.96 bits per heavy atom. The molecule has 0 spiro atoms. The molecule has 0 fully saturated rings. The number of hydrogen-bond donors (Lipinski definition) is 1. The lowest BCUT2D eigenvalue weighted by atomic mass is 10.2. The average Bonchev–Trinajstić information content (AvgIpc) is 2.69. The summed E-state index contributed by atoms with van der Waals surface area (Å²) in [5, 5.41) is 17.8. The van der Waals surface area contributed by atoms with Crippen molar-refractivity contribution < 1.29 is 23.4 Å². The molecule has 0 atom stereocenters. The first-order valence-electron chi connectivity index (χ1n) is 8.92. The Bertz CT molecular complexity index is 901. The number of nitriles is 1. The van der Waals surface area contributed by atoms with Crippen molar-refractivity contribution in [1.29, 1.82) is 5.26 Å². The third-order valence-corrected chi connectivity index (χ3v) is 3.87. The maximum absolute atomic E-state index is 13.5. The Morgan fingerprint density at radius 1 is 1.21 bits per heavy atom. The van der Waals surface area contributed by atoms with Crippen molar-refractivity contribution in [3.63, 3.8) is 0 Å². The average molecular weight is 387 g/mol. The third-order valence-electron chi connectivity index (χ3n) is 3.87. The minimum atomic E-state index is -0.602. The van der Waals surface area contributed by atoms with Crippen LogP contribution in [0.15, 0.2) is 46.1 Å². The van der Waals surface area contributed by atoms with Gasteiger partial charge in [0.05, 0.1) is 18.8 Å². The summed E-state index contributed by atoms with van der Waals surface area (Å²) in [6, 6.07) is 7.10.